The second-order valence-electron chi connectivity index (χ2n) is 11.1. The first-order valence-corrected chi connectivity index (χ1v) is 13.0. The van der Waals surface area contributed by atoms with Gasteiger partial charge in [0, 0.05) is 6.42 Å². The van der Waals surface area contributed by atoms with Gasteiger partial charge in [0.15, 0.2) is 0 Å². The summed E-state index contributed by atoms with van der Waals surface area (Å²) in [5.41, 5.74) is 3.07. The van der Waals surface area contributed by atoms with Crippen LogP contribution in [0.4, 0.5) is 0 Å². The van der Waals surface area contributed by atoms with Crippen molar-refractivity contribution < 1.29 is 15.3 Å². The Bertz CT molecular complexity index is 756. The summed E-state index contributed by atoms with van der Waals surface area (Å²) in [5, 5.41) is 30.8. The number of hydrogen-bond donors (Lipinski definition) is 3. The molecule has 0 radical (unpaired) electrons. The molecule has 0 aromatic heterocycles. The van der Waals surface area contributed by atoms with Crippen LogP contribution in [0.25, 0.3) is 0 Å². The van der Waals surface area contributed by atoms with Crippen molar-refractivity contribution in [2.75, 3.05) is 0 Å². The number of allylic oxidation sites excluding steroid dienone is 4. The van der Waals surface area contributed by atoms with Crippen molar-refractivity contribution in [3.63, 3.8) is 0 Å². The first kappa shape index (κ1) is 25.5. The summed E-state index contributed by atoms with van der Waals surface area (Å²) >= 11 is 0. The minimum Gasteiger partial charge on any atom is -0.393 e. The van der Waals surface area contributed by atoms with Crippen molar-refractivity contribution in [1.29, 1.82) is 0 Å². The third-order valence-electron chi connectivity index (χ3n) is 9.19. The molecule has 0 heterocycles. The van der Waals surface area contributed by atoms with Gasteiger partial charge in [0.1, 0.15) is 0 Å². The van der Waals surface area contributed by atoms with Gasteiger partial charge in [0.2, 0.25) is 0 Å². The molecule has 3 unspecified atom stereocenters. The topological polar surface area (TPSA) is 60.7 Å². The zero-order valence-corrected chi connectivity index (χ0v) is 20.8. The third-order valence-corrected chi connectivity index (χ3v) is 9.19. The normalized spacial score (nSPS) is 37.4. The Morgan fingerprint density at radius 2 is 1.91 bits per heavy atom. The molecule has 0 bridgehead atoms. The van der Waals surface area contributed by atoms with Gasteiger partial charge in [-0.1, -0.05) is 64.2 Å². The summed E-state index contributed by atoms with van der Waals surface area (Å²) in [4.78, 5) is 0. The summed E-state index contributed by atoms with van der Waals surface area (Å²) in [5.74, 6) is 1.80. The second kappa shape index (κ2) is 10.4. The molecule has 3 rings (SSSR count). The molecular weight excluding hydrogens is 396 g/mol. The summed E-state index contributed by atoms with van der Waals surface area (Å²) < 4.78 is 0. The highest BCUT2D eigenvalue weighted by atomic mass is 16.3. The van der Waals surface area contributed by atoms with Crippen LogP contribution in [0.3, 0.4) is 0 Å². The van der Waals surface area contributed by atoms with Crippen LogP contribution in [0.1, 0.15) is 91.9 Å². The van der Waals surface area contributed by atoms with E-state index in [1.165, 1.54) is 25.7 Å². The van der Waals surface area contributed by atoms with Gasteiger partial charge in [-0.25, -0.2) is 0 Å². The zero-order chi connectivity index (χ0) is 23.5. The van der Waals surface area contributed by atoms with Crippen LogP contribution in [-0.4, -0.2) is 33.1 Å². The highest BCUT2D eigenvalue weighted by Crippen LogP contribution is 2.59. The molecule has 3 nitrogen and oxygen atoms in total. The lowest BCUT2D eigenvalue weighted by atomic mass is 9.61. The number of rotatable bonds is 7. The minimum atomic E-state index is -0.624. The second-order valence-corrected chi connectivity index (χ2v) is 11.1. The molecule has 3 aliphatic carbocycles. The van der Waals surface area contributed by atoms with Crippen molar-refractivity contribution in [2.24, 2.45) is 23.2 Å². The van der Waals surface area contributed by atoms with Gasteiger partial charge in [-0.15, -0.1) is 0 Å². The Hall–Kier alpha value is -1.16. The van der Waals surface area contributed by atoms with E-state index < -0.39 is 17.8 Å². The van der Waals surface area contributed by atoms with E-state index in [0.717, 1.165) is 36.8 Å². The molecule has 3 aliphatic rings. The molecule has 0 amide bonds. The predicted octanol–water partition coefficient (Wildman–Crippen LogP) is 6.26. The SMILES string of the molecule is C=C1/C(=C\C=C2/CCCC3(C)C2CCC3[C@H](C)/C=C/CC(O)(CC)CC)C[C@@H](O)C[C@@H]1O. The Labute approximate surface area is 196 Å². The van der Waals surface area contributed by atoms with Crippen LogP contribution < -0.4 is 0 Å². The predicted molar refractivity (Wildman–Crippen MR) is 133 cm³/mol. The Kier molecular flexibility index (Phi) is 8.28. The lowest BCUT2D eigenvalue weighted by Crippen LogP contribution is -2.35. The molecule has 0 saturated heterocycles. The highest BCUT2D eigenvalue weighted by Gasteiger charge is 2.50. The van der Waals surface area contributed by atoms with Gasteiger partial charge >= 0.3 is 0 Å². The maximum atomic E-state index is 10.6. The van der Waals surface area contributed by atoms with Crippen LogP contribution in [0.2, 0.25) is 0 Å². The van der Waals surface area contributed by atoms with Gasteiger partial charge in [0.05, 0.1) is 17.8 Å². The summed E-state index contributed by atoms with van der Waals surface area (Å²) in [6, 6.07) is 0. The van der Waals surface area contributed by atoms with Crippen LogP contribution in [0.15, 0.2) is 47.6 Å². The number of hydrogen-bond acceptors (Lipinski definition) is 3. The van der Waals surface area contributed by atoms with Gasteiger partial charge in [-0.05, 0) is 92.1 Å². The molecule has 32 heavy (non-hydrogen) atoms. The first-order chi connectivity index (χ1) is 15.1. The van der Waals surface area contributed by atoms with Crippen LogP contribution in [-0.2, 0) is 0 Å². The van der Waals surface area contributed by atoms with E-state index in [2.05, 4.69) is 58.6 Å². The van der Waals surface area contributed by atoms with Crippen LogP contribution in [0, 0.1) is 23.2 Å². The van der Waals surface area contributed by atoms with Gasteiger partial charge in [-0.2, -0.15) is 0 Å². The van der Waals surface area contributed by atoms with E-state index in [1.54, 1.807) is 5.57 Å². The van der Waals surface area contributed by atoms with Crippen LogP contribution in [0.5, 0.6) is 0 Å². The average molecular weight is 443 g/mol. The largest absolute Gasteiger partial charge is 0.393 e. The maximum Gasteiger partial charge on any atom is 0.0811 e. The molecule has 0 spiro atoms. The molecule has 0 aromatic rings. The molecule has 3 heteroatoms. The molecule has 180 valence electrons. The van der Waals surface area contributed by atoms with Crippen molar-refractivity contribution >= 4 is 0 Å². The quantitative estimate of drug-likeness (QED) is 0.408. The van der Waals surface area contributed by atoms with E-state index in [4.69, 9.17) is 0 Å². The molecule has 0 aliphatic heterocycles. The lowest BCUT2D eigenvalue weighted by Gasteiger charge is -2.44. The van der Waals surface area contributed by atoms with E-state index in [0.29, 0.717) is 36.0 Å². The van der Waals surface area contributed by atoms with Crippen molar-refractivity contribution in [1.82, 2.24) is 0 Å². The summed E-state index contributed by atoms with van der Waals surface area (Å²) in [7, 11) is 0. The Balaban J connectivity index is 1.72. The van der Waals surface area contributed by atoms with Crippen molar-refractivity contribution in [3.05, 3.63) is 47.6 Å². The first-order valence-electron chi connectivity index (χ1n) is 13.0. The molecular formula is C29H46O3. The Morgan fingerprint density at radius 1 is 1.19 bits per heavy atom. The lowest BCUT2D eigenvalue weighted by molar-refractivity contribution is 0.0351. The number of aliphatic hydroxyl groups is 3. The molecule has 3 N–H and O–H groups in total. The standard InChI is InChI=1S/C29H46O3/c1-6-29(32,7-2)17-8-10-20(3)25-14-15-26-22(11-9-16-28(25,26)5)12-13-23-18-24(30)19-27(31)21(23)4/h8,10,12-13,20,24-27,30-32H,4,6-7,9,11,14-19H2,1-3,5H3/b10-8+,22-12+,23-13-/t20-,24-,25?,26?,27+,28?/m1/s1. The van der Waals surface area contributed by atoms with Crippen molar-refractivity contribution in [2.45, 2.75) is 110 Å². The fourth-order valence-electron chi connectivity index (χ4n) is 6.78. The van der Waals surface area contributed by atoms with E-state index >= 15 is 0 Å². The Morgan fingerprint density at radius 3 is 2.59 bits per heavy atom. The summed E-state index contributed by atoms with van der Waals surface area (Å²) in [6.45, 7) is 13.1. The third kappa shape index (κ3) is 5.32. The molecule has 6 atom stereocenters. The maximum absolute atomic E-state index is 10.6. The fourth-order valence-corrected chi connectivity index (χ4v) is 6.78. The summed E-state index contributed by atoms with van der Waals surface area (Å²) in [6.07, 6.45) is 17.4. The van der Waals surface area contributed by atoms with E-state index in [1.807, 2.05) is 0 Å². The van der Waals surface area contributed by atoms with Crippen LogP contribution >= 0.6 is 0 Å². The molecule has 3 saturated carbocycles. The fraction of sp³-hybridized carbons (Fsp3) is 0.724. The molecule has 0 aromatic carbocycles. The monoisotopic (exact) mass is 442 g/mol. The van der Waals surface area contributed by atoms with E-state index in [9.17, 15) is 15.3 Å². The molecule has 3 fully saturated rings. The van der Waals surface area contributed by atoms with Gasteiger partial charge < -0.3 is 15.3 Å². The number of fused-ring (bicyclic) bond motifs is 1. The zero-order valence-electron chi connectivity index (χ0n) is 20.8. The highest BCUT2D eigenvalue weighted by molar-refractivity contribution is 5.38. The van der Waals surface area contributed by atoms with Gasteiger partial charge in [-0.3, -0.25) is 0 Å². The van der Waals surface area contributed by atoms with Gasteiger partial charge in [0.25, 0.3) is 0 Å². The minimum absolute atomic E-state index is 0.320. The van der Waals surface area contributed by atoms with E-state index in [-0.39, 0.29) is 0 Å². The smallest absolute Gasteiger partial charge is 0.0811 e. The number of aliphatic hydroxyl groups excluding tert-OH is 2. The van der Waals surface area contributed by atoms with Crippen molar-refractivity contribution in [3.8, 4) is 0 Å². The average Bonchev–Trinajstić information content (AvgIpc) is 3.12.